The number of hydrogen-bond acceptors (Lipinski definition) is 2. The van der Waals surface area contributed by atoms with Crippen LogP contribution in [-0.4, -0.2) is 23.9 Å². The highest BCUT2D eigenvalue weighted by Crippen LogP contribution is 2.32. The second-order valence-corrected chi connectivity index (χ2v) is 5.41. The lowest BCUT2D eigenvalue weighted by Crippen LogP contribution is -2.40. The molecular formula is C15H20O2. The molecule has 1 aromatic carbocycles. The third-order valence-electron chi connectivity index (χ3n) is 3.28. The average Bonchev–Trinajstić information content (AvgIpc) is 2.34. The van der Waals surface area contributed by atoms with Crippen molar-refractivity contribution in [2.75, 3.05) is 13.2 Å². The number of aliphatic hydroxyl groups is 1. The van der Waals surface area contributed by atoms with E-state index in [1.165, 1.54) is 5.56 Å². The highest BCUT2D eigenvalue weighted by atomic mass is 16.5. The predicted molar refractivity (Wildman–Crippen MR) is 68.8 cm³/mol. The first-order chi connectivity index (χ1) is 8.05. The molecule has 0 spiro atoms. The molecule has 0 aliphatic carbocycles. The third kappa shape index (κ3) is 2.96. The number of hydrogen-bond donors (Lipinski definition) is 1. The van der Waals surface area contributed by atoms with Gasteiger partial charge in [-0.15, -0.1) is 0 Å². The average molecular weight is 232 g/mol. The molecule has 0 aromatic heterocycles. The van der Waals surface area contributed by atoms with Crippen molar-refractivity contribution in [2.45, 2.75) is 25.9 Å². The van der Waals surface area contributed by atoms with E-state index in [9.17, 15) is 5.11 Å². The molecule has 0 fully saturated rings. The molecular weight excluding hydrogens is 212 g/mol. The molecule has 2 nitrogen and oxygen atoms in total. The first kappa shape index (κ1) is 12.3. The van der Waals surface area contributed by atoms with Crippen molar-refractivity contribution in [3.05, 3.63) is 48.0 Å². The third-order valence-corrected chi connectivity index (χ3v) is 3.28. The maximum absolute atomic E-state index is 9.64. The van der Waals surface area contributed by atoms with E-state index in [1.54, 1.807) is 0 Å². The van der Waals surface area contributed by atoms with E-state index in [2.05, 4.69) is 24.3 Å². The fraction of sp³-hybridized carbons (Fsp3) is 0.467. The maximum Gasteiger partial charge on any atom is 0.0807 e. The number of aliphatic hydroxyl groups excluding tert-OH is 1. The van der Waals surface area contributed by atoms with Gasteiger partial charge in [0.25, 0.3) is 0 Å². The smallest absolute Gasteiger partial charge is 0.0807 e. The zero-order valence-electron chi connectivity index (χ0n) is 10.5. The first-order valence-corrected chi connectivity index (χ1v) is 6.04. The number of benzene rings is 1. The molecule has 0 saturated carbocycles. The minimum absolute atomic E-state index is 0.120. The molecule has 0 saturated heterocycles. The molecule has 1 aromatic rings. The van der Waals surface area contributed by atoms with Crippen molar-refractivity contribution >= 4 is 0 Å². The summed E-state index contributed by atoms with van der Waals surface area (Å²) in [7, 11) is 0. The van der Waals surface area contributed by atoms with E-state index < -0.39 is 0 Å². The molecule has 1 aliphatic heterocycles. The molecule has 1 unspecified atom stereocenters. The van der Waals surface area contributed by atoms with Gasteiger partial charge < -0.3 is 9.84 Å². The molecule has 0 bridgehead atoms. The molecule has 0 radical (unpaired) electrons. The summed E-state index contributed by atoms with van der Waals surface area (Å²) in [6, 6.07) is 10.2. The second-order valence-electron chi connectivity index (χ2n) is 5.41. The van der Waals surface area contributed by atoms with E-state index >= 15 is 0 Å². The van der Waals surface area contributed by atoms with Crippen LogP contribution in [0.5, 0.6) is 0 Å². The van der Waals surface area contributed by atoms with Crippen molar-refractivity contribution < 1.29 is 9.84 Å². The number of ether oxygens (including phenoxy) is 1. The van der Waals surface area contributed by atoms with Crippen LogP contribution in [0.15, 0.2) is 42.5 Å². The van der Waals surface area contributed by atoms with Gasteiger partial charge in [0.2, 0.25) is 0 Å². The lowest BCUT2D eigenvalue weighted by Gasteiger charge is -2.37. The lowest BCUT2D eigenvalue weighted by molar-refractivity contribution is -0.0506. The monoisotopic (exact) mass is 232 g/mol. The Balaban J connectivity index is 2.17. The summed E-state index contributed by atoms with van der Waals surface area (Å²) >= 11 is 0. The Morgan fingerprint density at radius 1 is 1.18 bits per heavy atom. The van der Waals surface area contributed by atoms with E-state index in [4.69, 9.17) is 4.74 Å². The maximum atomic E-state index is 9.64. The molecule has 0 amide bonds. The van der Waals surface area contributed by atoms with Crippen LogP contribution < -0.4 is 0 Å². The molecule has 1 aliphatic rings. The van der Waals surface area contributed by atoms with Crippen molar-refractivity contribution in [1.82, 2.24) is 0 Å². The Morgan fingerprint density at radius 3 is 2.41 bits per heavy atom. The summed E-state index contributed by atoms with van der Waals surface area (Å²) < 4.78 is 5.80. The van der Waals surface area contributed by atoms with Gasteiger partial charge in [-0.2, -0.15) is 0 Å². The normalized spacial score (nSPS) is 27.0. The van der Waals surface area contributed by atoms with Gasteiger partial charge in [-0.25, -0.2) is 0 Å². The zero-order chi connectivity index (χ0) is 12.4. The molecule has 2 rings (SSSR count). The van der Waals surface area contributed by atoms with Crippen molar-refractivity contribution in [3.63, 3.8) is 0 Å². The predicted octanol–water partition coefficient (Wildman–Crippen LogP) is 2.57. The van der Waals surface area contributed by atoms with Gasteiger partial charge in [-0.05, 0) is 25.8 Å². The summed E-state index contributed by atoms with van der Waals surface area (Å²) in [5.74, 6) is 0. The van der Waals surface area contributed by atoms with E-state index in [-0.39, 0.29) is 17.6 Å². The lowest BCUT2D eigenvalue weighted by atomic mass is 9.80. The van der Waals surface area contributed by atoms with Crippen LogP contribution in [0.2, 0.25) is 0 Å². The Morgan fingerprint density at radius 2 is 1.88 bits per heavy atom. The quantitative estimate of drug-likeness (QED) is 0.812. The number of rotatable bonds is 3. The SMILES string of the molecule is CC1(C)C=CC(CO)(Cc2ccccc2)CO1. The fourth-order valence-electron chi connectivity index (χ4n) is 2.07. The summed E-state index contributed by atoms with van der Waals surface area (Å²) in [4.78, 5) is 0. The Hall–Kier alpha value is -1.12. The van der Waals surface area contributed by atoms with Gasteiger partial charge in [0.05, 0.1) is 18.8 Å². The fourth-order valence-corrected chi connectivity index (χ4v) is 2.07. The van der Waals surface area contributed by atoms with Gasteiger partial charge in [0, 0.05) is 5.41 Å². The van der Waals surface area contributed by atoms with Crippen LogP contribution in [0.1, 0.15) is 19.4 Å². The minimum atomic E-state index is -0.267. The summed E-state index contributed by atoms with van der Waals surface area (Å²) in [5, 5.41) is 9.64. The van der Waals surface area contributed by atoms with Crippen LogP contribution in [0.25, 0.3) is 0 Å². The van der Waals surface area contributed by atoms with E-state index in [1.807, 2.05) is 32.0 Å². The molecule has 2 heteroatoms. The highest BCUT2D eigenvalue weighted by molar-refractivity contribution is 5.21. The van der Waals surface area contributed by atoms with Crippen LogP contribution >= 0.6 is 0 Å². The molecule has 92 valence electrons. The van der Waals surface area contributed by atoms with Crippen molar-refractivity contribution in [3.8, 4) is 0 Å². The van der Waals surface area contributed by atoms with E-state index in [0.717, 1.165) is 6.42 Å². The van der Waals surface area contributed by atoms with Crippen LogP contribution in [0.4, 0.5) is 0 Å². The van der Waals surface area contributed by atoms with Gasteiger partial charge in [-0.3, -0.25) is 0 Å². The highest BCUT2D eigenvalue weighted by Gasteiger charge is 2.34. The molecule has 1 N–H and O–H groups in total. The van der Waals surface area contributed by atoms with Crippen molar-refractivity contribution in [1.29, 1.82) is 0 Å². The van der Waals surface area contributed by atoms with Gasteiger partial charge in [0.15, 0.2) is 0 Å². The summed E-state index contributed by atoms with van der Waals surface area (Å²) in [6.07, 6.45) is 4.98. The van der Waals surface area contributed by atoms with Crippen LogP contribution in [-0.2, 0) is 11.2 Å². The Labute approximate surface area is 103 Å². The largest absolute Gasteiger partial charge is 0.395 e. The molecule has 1 atom stereocenters. The van der Waals surface area contributed by atoms with Gasteiger partial charge in [-0.1, -0.05) is 42.5 Å². The topological polar surface area (TPSA) is 29.5 Å². The second kappa shape index (κ2) is 4.63. The Kier molecular flexibility index (Phi) is 3.36. The van der Waals surface area contributed by atoms with E-state index in [0.29, 0.717) is 6.61 Å². The Bertz CT molecular complexity index is 395. The van der Waals surface area contributed by atoms with Crippen LogP contribution in [0.3, 0.4) is 0 Å². The van der Waals surface area contributed by atoms with Gasteiger partial charge >= 0.3 is 0 Å². The zero-order valence-corrected chi connectivity index (χ0v) is 10.5. The molecule has 1 heterocycles. The first-order valence-electron chi connectivity index (χ1n) is 6.04. The van der Waals surface area contributed by atoms with Crippen molar-refractivity contribution in [2.24, 2.45) is 5.41 Å². The molecule has 17 heavy (non-hydrogen) atoms. The summed E-state index contributed by atoms with van der Waals surface area (Å²) in [5.41, 5.74) is 0.751. The summed E-state index contributed by atoms with van der Waals surface area (Å²) in [6.45, 7) is 4.76. The standard InChI is InChI=1S/C15H20O2/c1-14(2)8-9-15(11-16,12-17-14)10-13-6-4-3-5-7-13/h3-9,16H,10-12H2,1-2H3. The van der Waals surface area contributed by atoms with Gasteiger partial charge in [0.1, 0.15) is 0 Å². The van der Waals surface area contributed by atoms with Crippen LogP contribution in [0, 0.1) is 5.41 Å². The minimum Gasteiger partial charge on any atom is -0.395 e.